The average molecular weight is 212 g/mol. The van der Waals surface area contributed by atoms with Gasteiger partial charge >= 0.3 is 11.9 Å². The number of rotatable bonds is 6. The molecule has 0 atom stereocenters. The van der Waals surface area contributed by atoms with Crippen molar-refractivity contribution in [2.45, 2.75) is 26.7 Å². The van der Waals surface area contributed by atoms with Crippen LogP contribution in [-0.4, -0.2) is 23.7 Å². The van der Waals surface area contributed by atoms with Crippen LogP contribution >= 0.6 is 0 Å². The Balaban J connectivity index is 4.16. The predicted octanol–water partition coefficient (Wildman–Crippen LogP) is 1.92. The Kier molecular flexibility index (Phi) is 6.09. The van der Waals surface area contributed by atoms with Gasteiger partial charge in [0.25, 0.3) is 0 Å². The minimum absolute atomic E-state index is 0.0611. The van der Waals surface area contributed by atoms with Crippen LogP contribution in [0.15, 0.2) is 23.8 Å². The molecule has 0 aliphatic carbocycles. The zero-order valence-corrected chi connectivity index (χ0v) is 9.08. The molecular weight excluding hydrogens is 196 g/mol. The molecule has 0 aromatic heterocycles. The maximum absolute atomic E-state index is 11.2. The summed E-state index contributed by atoms with van der Waals surface area (Å²) in [5, 5.41) is 8.57. The molecule has 84 valence electrons. The van der Waals surface area contributed by atoms with Gasteiger partial charge in [0.05, 0.1) is 12.2 Å². The van der Waals surface area contributed by atoms with Crippen molar-refractivity contribution in [2.24, 2.45) is 0 Å². The fourth-order valence-corrected chi connectivity index (χ4v) is 0.784. The molecule has 0 radical (unpaired) electrons. The van der Waals surface area contributed by atoms with Crippen molar-refractivity contribution < 1.29 is 19.4 Å². The van der Waals surface area contributed by atoms with E-state index in [0.29, 0.717) is 6.61 Å². The number of hydrogen-bond donors (Lipinski definition) is 1. The molecule has 0 bridgehead atoms. The van der Waals surface area contributed by atoms with E-state index in [2.05, 4.69) is 6.58 Å². The topological polar surface area (TPSA) is 63.6 Å². The minimum Gasteiger partial charge on any atom is -0.478 e. The summed E-state index contributed by atoms with van der Waals surface area (Å²) in [4.78, 5) is 21.7. The molecule has 0 amide bonds. The maximum Gasteiger partial charge on any atom is 0.337 e. The number of hydrogen-bond acceptors (Lipinski definition) is 3. The summed E-state index contributed by atoms with van der Waals surface area (Å²) >= 11 is 0. The highest BCUT2D eigenvalue weighted by atomic mass is 16.5. The minimum atomic E-state index is -1.07. The molecular formula is C11H16O4. The van der Waals surface area contributed by atoms with E-state index in [1.54, 1.807) is 0 Å². The van der Waals surface area contributed by atoms with Crippen LogP contribution < -0.4 is 0 Å². The maximum atomic E-state index is 11.2. The highest BCUT2D eigenvalue weighted by Gasteiger charge is 2.08. The summed E-state index contributed by atoms with van der Waals surface area (Å²) in [6.45, 7) is 7.16. The summed E-state index contributed by atoms with van der Waals surface area (Å²) in [5.74, 6) is -1.64. The number of carboxylic acids is 1. The van der Waals surface area contributed by atoms with Gasteiger partial charge in [0.1, 0.15) is 0 Å². The molecule has 0 heterocycles. The normalized spacial score (nSPS) is 10.9. The standard InChI is InChI=1S/C11H16O4/c1-4-5-6-15-11(14)9(3)7-8(2)10(12)13/h7H,3-6H2,1-2H3,(H,12,13)/b8-7+. The van der Waals surface area contributed by atoms with Crippen LogP contribution in [0.3, 0.4) is 0 Å². The first kappa shape index (κ1) is 13.4. The van der Waals surface area contributed by atoms with Crippen LogP contribution in [0.4, 0.5) is 0 Å². The van der Waals surface area contributed by atoms with Gasteiger partial charge < -0.3 is 9.84 Å². The average Bonchev–Trinajstić information content (AvgIpc) is 2.17. The third kappa shape index (κ3) is 5.67. The number of ether oxygens (including phenoxy) is 1. The van der Waals surface area contributed by atoms with Crippen molar-refractivity contribution in [3.05, 3.63) is 23.8 Å². The molecule has 0 fully saturated rings. The third-order valence-electron chi connectivity index (χ3n) is 1.72. The monoisotopic (exact) mass is 212 g/mol. The van der Waals surface area contributed by atoms with Crippen LogP contribution in [0.25, 0.3) is 0 Å². The first-order valence-corrected chi connectivity index (χ1v) is 4.76. The van der Waals surface area contributed by atoms with Gasteiger partial charge in [-0.05, 0) is 19.4 Å². The van der Waals surface area contributed by atoms with E-state index in [9.17, 15) is 9.59 Å². The summed E-state index contributed by atoms with van der Waals surface area (Å²) in [7, 11) is 0. The fourth-order valence-electron chi connectivity index (χ4n) is 0.784. The Morgan fingerprint density at radius 1 is 1.47 bits per heavy atom. The van der Waals surface area contributed by atoms with Gasteiger partial charge in [-0.25, -0.2) is 9.59 Å². The first-order valence-electron chi connectivity index (χ1n) is 4.76. The molecule has 15 heavy (non-hydrogen) atoms. The zero-order chi connectivity index (χ0) is 11.8. The number of carboxylic acid groups (broad SMARTS) is 1. The van der Waals surface area contributed by atoms with Crippen LogP contribution in [0.1, 0.15) is 26.7 Å². The Labute approximate surface area is 89.2 Å². The zero-order valence-electron chi connectivity index (χ0n) is 9.08. The Hall–Kier alpha value is -1.58. The lowest BCUT2D eigenvalue weighted by atomic mass is 10.2. The summed E-state index contributed by atoms with van der Waals surface area (Å²) in [6, 6.07) is 0. The first-order chi connectivity index (χ1) is 6.99. The highest BCUT2D eigenvalue weighted by Crippen LogP contribution is 2.03. The number of aliphatic carboxylic acids is 1. The van der Waals surface area contributed by atoms with Gasteiger partial charge in [-0.1, -0.05) is 19.9 Å². The Morgan fingerprint density at radius 2 is 2.07 bits per heavy atom. The second-order valence-electron chi connectivity index (χ2n) is 3.15. The lowest BCUT2D eigenvalue weighted by molar-refractivity contribution is -0.138. The summed E-state index contributed by atoms with van der Waals surface area (Å²) < 4.78 is 4.85. The smallest absolute Gasteiger partial charge is 0.337 e. The Morgan fingerprint density at radius 3 is 2.53 bits per heavy atom. The molecule has 0 aliphatic rings. The lowest BCUT2D eigenvalue weighted by Crippen LogP contribution is -2.08. The van der Waals surface area contributed by atoms with Crippen molar-refractivity contribution in [1.29, 1.82) is 0 Å². The van der Waals surface area contributed by atoms with E-state index < -0.39 is 11.9 Å². The third-order valence-corrected chi connectivity index (χ3v) is 1.72. The molecule has 0 aliphatic heterocycles. The van der Waals surface area contributed by atoms with Gasteiger partial charge in [-0.15, -0.1) is 0 Å². The predicted molar refractivity (Wildman–Crippen MR) is 56.4 cm³/mol. The van der Waals surface area contributed by atoms with E-state index in [-0.39, 0.29) is 11.1 Å². The van der Waals surface area contributed by atoms with Crippen molar-refractivity contribution in [1.82, 2.24) is 0 Å². The van der Waals surface area contributed by atoms with E-state index in [0.717, 1.165) is 12.8 Å². The van der Waals surface area contributed by atoms with E-state index in [1.807, 2.05) is 6.92 Å². The molecule has 0 unspecified atom stereocenters. The molecule has 0 aromatic carbocycles. The van der Waals surface area contributed by atoms with Gasteiger partial charge in [0, 0.05) is 5.57 Å². The van der Waals surface area contributed by atoms with Gasteiger partial charge in [0.2, 0.25) is 0 Å². The molecule has 0 aromatic rings. The molecule has 0 spiro atoms. The van der Waals surface area contributed by atoms with Crippen LogP contribution in [0.2, 0.25) is 0 Å². The quantitative estimate of drug-likeness (QED) is 0.316. The molecule has 4 heteroatoms. The number of carbonyl (C=O) groups is 2. The van der Waals surface area contributed by atoms with E-state index in [4.69, 9.17) is 9.84 Å². The number of unbranched alkanes of at least 4 members (excludes halogenated alkanes) is 1. The molecule has 1 N–H and O–H groups in total. The van der Waals surface area contributed by atoms with Crippen LogP contribution in [0.5, 0.6) is 0 Å². The second kappa shape index (κ2) is 6.81. The van der Waals surface area contributed by atoms with Crippen LogP contribution in [0, 0.1) is 0 Å². The van der Waals surface area contributed by atoms with Gasteiger partial charge in [-0.2, -0.15) is 0 Å². The lowest BCUT2D eigenvalue weighted by Gasteiger charge is -2.03. The fraction of sp³-hybridized carbons (Fsp3) is 0.455. The van der Waals surface area contributed by atoms with Crippen LogP contribution in [-0.2, 0) is 14.3 Å². The number of carbonyl (C=O) groups excluding carboxylic acids is 1. The SMILES string of the molecule is C=C(/C=C(\C)C(=O)O)C(=O)OCCCC. The Bertz CT molecular complexity index is 289. The molecule has 0 saturated heterocycles. The van der Waals surface area contributed by atoms with Gasteiger partial charge in [-0.3, -0.25) is 0 Å². The van der Waals surface area contributed by atoms with Gasteiger partial charge in [0.15, 0.2) is 0 Å². The van der Waals surface area contributed by atoms with Crippen molar-refractivity contribution in [3.8, 4) is 0 Å². The van der Waals surface area contributed by atoms with Crippen molar-refractivity contribution >= 4 is 11.9 Å². The molecule has 0 saturated carbocycles. The second-order valence-corrected chi connectivity index (χ2v) is 3.15. The van der Waals surface area contributed by atoms with Crippen molar-refractivity contribution in [3.63, 3.8) is 0 Å². The summed E-state index contributed by atoms with van der Waals surface area (Å²) in [6.07, 6.45) is 2.93. The van der Waals surface area contributed by atoms with E-state index >= 15 is 0 Å². The largest absolute Gasteiger partial charge is 0.478 e. The summed E-state index contributed by atoms with van der Waals surface area (Å²) in [5.41, 5.74) is 0.124. The van der Waals surface area contributed by atoms with Crippen molar-refractivity contribution in [2.75, 3.05) is 6.61 Å². The molecule has 4 nitrogen and oxygen atoms in total. The number of esters is 1. The molecule has 0 rings (SSSR count). The van der Waals surface area contributed by atoms with E-state index in [1.165, 1.54) is 13.0 Å². The highest BCUT2D eigenvalue weighted by molar-refractivity contribution is 5.94.